The van der Waals surface area contributed by atoms with Gasteiger partial charge in [0.15, 0.2) is 0 Å². The molecule has 2 aromatic rings. The van der Waals surface area contributed by atoms with Crippen LogP contribution in [0.4, 0.5) is 8.78 Å². The van der Waals surface area contributed by atoms with E-state index in [1.165, 1.54) is 19.2 Å². The second kappa shape index (κ2) is 7.00. The van der Waals surface area contributed by atoms with Gasteiger partial charge in [-0.15, -0.1) is 0 Å². The van der Waals surface area contributed by atoms with E-state index in [0.717, 1.165) is 5.56 Å². The fraction of sp³-hybridized carbons (Fsp3) is 0.250. The Morgan fingerprint density at radius 3 is 2.48 bits per heavy atom. The Kier molecular flexibility index (Phi) is 5.31. The van der Waals surface area contributed by atoms with E-state index in [2.05, 4.69) is 21.2 Å². The van der Waals surface area contributed by atoms with Gasteiger partial charge in [-0.05, 0) is 53.2 Å². The fourth-order valence-corrected chi connectivity index (χ4v) is 2.61. The predicted molar refractivity (Wildman–Crippen MR) is 82.6 cm³/mol. The van der Waals surface area contributed by atoms with Crippen molar-refractivity contribution in [2.24, 2.45) is 0 Å². The van der Waals surface area contributed by atoms with Crippen molar-refractivity contribution in [1.82, 2.24) is 5.32 Å². The summed E-state index contributed by atoms with van der Waals surface area (Å²) in [7, 11) is 3.27. The Bertz CT molecular complexity index is 634. The molecular weight excluding hydrogens is 340 g/mol. The third-order valence-corrected chi connectivity index (χ3v) is 3.96. The molecule has 1 N–H and O–H groups in total. The third kappa shape index (κ3) is 3.80. The largest absolute Gasteiger partial charge is 0.497 e. The van der Waals surface area contributed by atoms with Gasteiger partial charge >= 0.3 is 0 Å². The van der Waals surface area contributed by atoms with Crippen LogP contribution in [0.25, 0.3) is 0 Å². The van der Waals surface area contributed by atoms with Gasteiger partial charge in [0, 0.05) is 17.7 Å². The number of hydrogen-bond acceptors (Lipinski definition) is 2. The van der Waals surface area contributed by atoms with Gasteiger partial charge in [0.25, 0.3) is 0 Å². The summed E-state index contributed by atoms with van der Waals surface area (Å²) >= 11 is 3.16. The highest BCUT2D eigenvalue weighted by atomic mass is 79.9. The molecule has 0 heterocycles. The van der Waals surface area contributed by atoms with Crippen molar-refractivity contribution in [3.8, 4) is 5.75 Å². The van der Waals surface area contributed by atoms with Crippen LogP contribution in [0.3, 0.4) is 0 Å². The summed E-state index contributed by atoms with van der Waals surface area (Å²) in [6.45, 7) is 0. The van der Waals surface area contributed by atoms with Gasteiger partial charge in [0.1, 0.15) is 17.4 Å². The summed E-state index contributed by atoms with van der Waals surface area (Å²) in [5, 5.41) is 3.09. The summed E-state index contributed by atoms with van der Waals surface area (Å²) < 4.78 is 32.8. The maximum Gasteiger partial charge on any atom is 0.137 e. The molecule has 0 saturated heterocycles. The van der Waals surface area contributed by atoms with E-state index in [4.69, 9.17) is 4.74 Å². The van der Waals surface area contributed by atoms with Crippen molar-refractivity contribution in [2.45, 2.75) is 12.5 Å². The molecule has 1 unspecified atom stereocenters. The minimum Gasteiger partial charge on any atom is -0.497 e. The van der Waals surface area contributed by atoms with E-state index in [0.29, 0.717) is 22.2 Å². The smallest absolute Gasteiger partial charge is 0.137 e. The summed E-state index contributed by atoms with van der Waals surface area (Å²) in [6, 6.07) is 9.40. The molecule has 5 heteroatoms. The second-order valence-corrected chi connectivity index (χ2v) is 5.54. The van der Waals surface area contributed by atoms with Crippen LogP contribution in [-0.4, -0.2) is 14.2 Å². The molecule has 2 nitrogen and oxygen atoms in total. The SMILES string of the molecule is CNC(Cc1ccc(F)c(Br)c1)c1ccc(OC)cc1F. The lowest BCUT2D eigenvalue weighted by Crippen LogP contribution is -2.20. The zero-order valence-electron chi connectivity index (χ0n) is 11.8. The van der Waals surface area contributed by atoms with Crippen molar-refractivity contribution in [1.29, 1.82) is 0 Å². The van der Waals surface area contributed by atoms with Crippen molar-refractivity contribution in [2.75, 3.05) is 14.2 Å². The van der Waals surface area contributed by atoms with Crippen molar-refractivity contribution in [3.63, 3.8) is 0 Å². The van der Waals surface area contributed by atoms with Crippen molar-refractivity contribution < 1.29 is 13.5 Å². The van der Waals surface area contributed by atoms with Crippen LogP contribution in [0.1, 0.15) is 17.2 Å². The molecule has 0 aliphatic heterocycles. The number of likely N-dealkylation sites (N-methyl/N-ethyl adjacent to an activating group) is 1. The van der Waals surface area contributed by atoms with Crippen LogP contribution in [0.2, 0.25) is 0 Å². The van der Waals surface area contributed by atoms with Crippen LogP contribution in [0, 0.1) is 11.6 Å². The first kappa shape index (κ1) is 15.9. The molecule has 1 atom stereocenters. The highest BCUT2D eigenvalue weighted by molar-refractivity contribution is 9.10. The average molecular weight is 356 g/mol. The van der Waals surface area contributed by atoms with Crippen LogP contribution in [0.15, 0.2) is 40.9 Å². The predicted octanol–water partition coefficient (Wildman–Crippen LogP) is 4.24. The summed E-state index contributed by atoms with van der Waals surface area (Å²) in [5.74, 6) is -0.152. The second-order valence-electron chi connectivity index (χ2n) is 4.68. The van der Waals surface area contributed by atoms with Gasteiger partial charge in [-0.25, -0.2) is 8.78 Å². The monoisotopic (exact) mass is 355 g/mol. The molecule has 2 rings (SSSR count). The van der Waals surface area contributed by atoms with Gasteiger partial charge < -0.3 is 10.1 Å². The first-order chi connectivity index (χ1) is 10.0. The third-order valence-electron chi connectivity index (χ3n) is 3.36. The number of rotatable bonds is 5. The number of ether oxygens (including phenoxy) is 1. The minimum absolute atomic E-state index is 0.201. The van der Waals surface area contributed by atoms with E-state index >= 15 is 0 Å². The first-order valence-electron chi connectivity index (χ1n) is 6.49. The lowest BCUT2D eigenvalue weighted by molar-refractivity contribution is 0.409. The molecule has 0 spiro atoms. The Morgan fingerprint density at radius 1 is 1.14 bits per heavy atom. The van der Waals surface area contributed by atoms with Crippen molar-refractivity contribution >= 4 is 15.9 Å². The number of benzene rings is 2. The van der Waals surface area contributed by atoms with E-state index in [1.54, 1.807) is 31.3 Å². The van der Waals surface area contributed by atoms with Gasteiger partial charge in [0.2, 0.25) is 0 Å². The first-order valence-corrected chi connectivity index (χ1v) is 7.29. The zero-order valence-corrected chi connectivity index (χ0v) is 13.4. The molecule has 0 aliphatic carbocycles. The maximum absolute atomic E-state index is 14.1. The van der Waals surface area contributed by atoms with Crippen LogP contribution in [-0.2, 0) is 6.42 Å². The van der Waals surface area contributed by atoms with Gasteiger partial charge in [-0.3, -0.25) is 0 Å². The van der Waals surface area contributed by atoms with E-state index < -0.39 is 0 Å². The number of halogens is 3. The van der Waals surface area contributed by atoms with E-state index in [1.807, 2.05) is 0 Å². The Labute approximate surface area is 131 Å². The maximum atomic E-state index is 14.1. The molecule has 0 radical (unpaired) electrons. The normalized spacial score (nSPS) is 12.2. The Hall–Kier alpha value is -1.46. The van der Waals surface area contributed by atoms with Crippen LogP contribution >= 0.6 is 15.9 Å². The highest BCUT2D eigenvalue weighted by Crippen LogP contribution is 2.26. The molecule has 2 aromatic carbocycles. The van der Waals surface area contributed by atoms with Gasteiger partial charge in [-0.1, -0.05) is 12.1 Å². The Balaban J connectivity index is 2.25. The van der Waals surface area contributed by atoms with Crippen LogP contribution < -0.4 is 10.1 Å². The number of methoxy groups -OCH3 is 1. The number of hydrogen-bond donors (Lipinski definition) is 1. The lowest BCUT2D eigenvalue weighted by Gasteiger charge is -2.18. The topological polar surface area (TPSA) is 21.3 Å². The minimum atomic E-state index is -0.324. The van der Waals surface area contributed by atoms with E-state index in [9.17, 15) is 8.78 Å². The van der Waals surface area contributed by atoms with Crippen LogP contribution in [0.5, 0.6) is 5.75 Å². The molecule has 0 amide bonds. The molecule has 0 bridgehead atoms. The fourth-order valence-electron chi connectivity index (χ4n) is 2.19. The van der Waals surface area contributed by atoms with Gasteiger partial charge in [-0.2, -0.15) is 0 Å². The quantitative estimate of drug-likeness (QED) is 0.865. The average Bonchev–Trinajstić information content (AvgIpc) is 2.48. The van der Waals surface area contributed by atoms with Crippen molar-refractivity contribution in [3.05, 3.63) is 63.6 Å². The Morgan fingerprint density at radius 2 is 1.90 bits per heavy atom. The molecule has 0 aromatic heterocycles. The zero-order chi connectivity index (χ0) is 15.4. The molecular formula is C16H16BrF2NO. The molecule has 0 aliphatic rings. The standard InChI is InChI=1S/C16H16BrF2NO/c1-20-16(8-10-3-6-14(18)13(17)7-10)12-5-4-11(21-2)9-15(12)19/h3-7,9,16,20H,8H2,1-2H3. The summed E-state index contributed by atoms with van der Waals surface area (Å²) in [5.41, 5.74) is 1.47. The lowest BCUT2D eigenvalue weighted by atomic mass is 9.98. The highest BCUT2D eigenvalue weighted by Gasteiger charge is 2.16. The van der Waals surface area contributed by atoms with E-state index in [-0.39, 0.29) is 17.7 Å². The summed E-state index contributed by atoms with van der Waals surface area (Å²) in [6.07, 6.45) is 0.554. The molecule has 0 saturated carbocycles. The molecule has 21 heavy (non-hydrogen) atoms. The molecule has 0 fully saturated rings. The number of nitrogens with one attached hydrogen (secondary N) is 1. The molecule has 112 valence electrons. The summed E-state index contributed by atoms with van der Waals surface area (Å²) in [4.78, 5) is 0. The van der Waals surface area contributed by atoms with Gasteiger partial charge in [0.05, 0.1) is 11.6 Å².